The van der Waals surface area contributed by atoms with Gasteiger partial charge in [0, 0.05) is 16.9 Å². The summed E-state index contributed by atoms with van der Waals surface area (Å²) in [6, 6.07) is 18.7. The molecule has 2 aliphatic rings. The lowest BCUT2D eigenvalue weighted by atomic mass is 10.1. The van der Waals surface area contributed by atoms with Gasteiger partial charge in [0.15, 0.2) is 0 Å². The Kier molecular flexibility index (Phi) is 3.60. The molecule has 1 saturated heterocycles. The Morgan fingerprint density at radius 2 is 1.82 bits per heavy atom. The number of hydrogen-bond acceptors (Lipinski definition) is 3. The molecule has 4 rings (SSSR count). The molecule has 2 unspecified atom stereocenters. The van der Waals surface area contributed by atoms with Gasteiger partial charge in [-0.1, -0.05) is 41.9 Å². The van der Waals surface area contributed by atoms with Gasteiger partial charge in [-0.25, -0.2) is 0 Å². The van der Waals surface area contributed by atoms with Gasteiger partial charge in [-0.3, -0.25) is 4.99 Å². The van der Waals surface area contributed by atoms with E-state index in [-0.39, 0.29) is 6.17 Å². The number of hydrogen-bond donors (Lipinski definition) is 1. The zero-order valence-corrected chi connectivity index (χ0v) is 13.0. The molecule has 2 aromatic carbocycles. The van der Waals surface area contributed by atoms with Crippen LogP contribution in [0.4, 0.5) is 5.69 Å². The molecule has 0 aromatic heterocycles. The predicted octanol–water partition coefficient (Wildman–Crippen LogP) is 2.21. The van der Waals surface area contributed by atoms with Crippen LogP contribution in [0.3, 0.4) is 0 Å². The second-order valence-electron chi connectivity index (χ2n) is 5.76. The maximum absolute atomic E-state index is 6.78. The average Bonchev–Trinajstić information content (AvgIpc) is 3.10. The van der Waals surface area contributed by atoms with Gasteiger partial charge in [-0.15, -0.1) is 0 Å². The number of nitrogens with zero attached hydrogens (tertiary/aromatic N) is 2. The molecule has 1 fully saturated rings. The molecule has 0 saturated carbocycles. The summed E-state index contributed by atoms with van der Waals surface area (Å²) < 4.78 is 0. The van der Waals surface area contributed by atoms with Gasteiger partial charge in [0.25, 0.3) is 0 Å². The van der Waals surface area contributed by atoms with Crippen molar-refractivity contribution in [1.82, 2.24) is 5.32 Å². The fourth-order valence-electron chi connectivity index (χ4n) is 3.30. The highest BCUT2D eigenvalue weighted by Crippen LogP contribution is 2.29. The number of benzene rings is 2. The highest BCUT2D eigenvalue weighted by atomic mass is 35.5. The number of anilines is 1. The molecular weight excluding hydrogens is 294 g/mol. The second-order valence-corrected chi connectivity index (χ2v) is 6.12. The molecule has 0 spiro atoms. The van der Waals surface area contributed by atoms with E-state index >= 15 is 0 Å². The maximum atomic E-state index is 6.78. The number of para-hydroxylation sites is 2. The molecular formula is C18H18ClN3. The Labute approximate surface area is 134 Å². The lowest BCUT2D eigenvalue weighted by Crippen LogP contribution is -2.52. The van der Waals surface area contributed by atoms with Crippen molar-refractivity contribution < 1.29 is 0 Å². The van der Waals surface area contributed by atoms with E-state index in [2.05, 4.69) is 22.3 Å². The summed E-state index contributed by atoms with van der Waals surface area (Å²) in [5.41, 5.74) is 1.09. The summed E-state index contributed by atoms with van der Waals surface area (Å²) in [5, 5.41) is 6.32. The smallest absolute Gasteiger partial charge is 0.142 e. The first kappa shape index (κ1) is 13.8. The van der Waals surface area contributed by atoms with E-state index < -0.39 is 0 Å². The normalized spacial score (nSPS) is 24.0. The van der Waals surface area contributed by atoms with E-state index in [1.54, 1.807) is 0 Å². The zero-order valence-electron chi connectivity index (χ0n) is 12.2. The number of fused-ring (bicyclic) bond motifs is 1. The van der Waals surface area contributed by atoms with Gasteiger partial charge in [0.05, 0.1) is 5.36 Å². The molecule has 2 atom stereocenters. The molecule has 0 amide bonds. The molecule has 2 heterocycles. The molecule has 0 aliphatic carbocycles. The minimum Gasteiger partial charge on any atom is -0.310 e. The van der Waals surface area contributed by atoms with Crippen molar-refractivity contribution in [2.24, 2.45) is 4.99 Å². The molecule has 4 heteroatoms. The van der Waals surface area contributed by atoms with Gasteiger partial charge < -0.3 is 10.2 Å². The van der Waals surface area contributed by atoms with Crippen LogP contribution in [0.5, 0.6) is 0 Å². The summed E-state index contributed by atoms with van der Waals surface area (Å²) >= 11 is 6.78. The Morgan fingerprint density at radius 3 is 2.59 bits per heavy atom. The summed E-state index contributed by atoms with van der Waals surface area (Å²) in [6.45, 7) is 1.05. The zero-order chi connectivity index (χ0) is 14.9. The van der Waals surface area contributed by atoms with Crippen molar-refractivity contribution in [3.63, 3.8) is 0 Å². The highest BCUT2D eigenvalue weighted by Gasteiger charge is 2.33. The van der Waals surface area contributed by atoms with Gasteiger partial charge in [0.2, 0.25) is 0 Å². The highest BCUT2D eigenvalue weighted by molar-refractivity contribution is 6.47. The van der Waals surface area contributed by atoms with Gasteiger partial charge in [0.1, 0.15) is 11.3 Å². The first-order chi connectivity index (χ1) is 10.8. The van der Waals surface area contributed by atoms with E-state index in [4.69, 9.17) is 16.6 Å². The average molecular weight is 312 g/mol. The lowest BCUT2D eigenvalue weighted by molar-refractivity contribution is 0.481. The third kappa shape index (κ3) is 2.31. The Bertz CT molecular complexity index is 781. The monoisotopic (exact) mass is 311 g/mol. The fraction of sp³-hybridized carbons (Fsp3) is 0.278. The first-order valence-electron chi connectivity index (χ1n) is 7.75. The van der Waals surface area contributed by atoms with E-state index in [0.717, 1.165) is 34.4 Å². The van der Waals surface area contributed by atoms with Crippen LogP contribution in [0.15, 0.2) is 59.6 Å². The molecule has 1 N–H and O–H groups in total. The fourth-order valence-corrected chi connectivity index (χ4v) is 3.65. The maximum Gasteiger partial charge on any atom is 0.142 e. The molecule has 2 aromatic rings. The van der Waals surface area contributed by atoms with Crippen molar-refractivity contribution >= 4 is 22.4 Å². The summed E-state index contributed by atoms with van der Waals surface area (Å²) in [5.74, 6) is 0. The quantitative estimate of drug-likeness (QED) is 0.861. The molecule has 112 valence electrons. The molecule has 2 aliphatic heterocycles. The van der Waals surface area contributed by atoms with Crippen LogP contribution < -0.4 is 20.8 Å². The van der Waals surface area contributed by atoms with Gasteiger partial charge >= 0.3 is 0 Å². The van der Waals surface area contributed by atoms with Crippen molar-refractivity contribution in [2.75, 3.05) is 11.4 Å². The van der Waals surface area contributed by atoms with Crippen molar-refractivity contribution in [2.45, 2.75) is 25.0 Å². The summed E-state index contributed by atoms with van der Waals surface area (Å²) in [4.78, 5) is 7.15. The Hall–Kier alpha value is -1.84. The van der Waals surface area contributed by atoms with Crippen molar-refractivity contribution in [3.05, 3.63) is 65.2 Å². The molecule has 0 bridgehead atoms. The third-order valence-corrected chi connectivity index (χ3v) is 4.75. The second kappa shape index (κ2) is 5.75. The van der Waals surface area contributed by atoms with E-state index in [1.807, 2.05) is 42.5 Å². The summed E-state index contributed by atoms with van der Waals surface area (Å²) in [7, 11) is 0. The SMILES string of the molecule is ClC1=c2ccccc2=NC(C2CCCN2)N1c1ccccc1. The number of rotatable bonds is 2. The largest absolute Gasteiger partial charge is 0.310 e. The van der Waals surface area contributed by atoms with Crippen LogP contribution in [0.2, 0.25) is 0 Å². The topological polar surface area (TPSA) is 27.6 Å². The van der Waals surface area contributed by atoms with E-state index in [0.29, 0.717) is 6.04 Å². The molecule has 3 nitrogen and oxygen atoms in total. The van der Waals surface area contributed by atoms with E-state index in [9.17, 15) is 0 Å². The van der Waals surface area contributed by atoms with Crippen LogP contribution in [0.1, 0.15) is 12.8 Å². The van der Waals surface area contributed by atoms with Gasteiger partial charge in [-0.2, -0.15) is 0 Å². The van der Waals surface area contributed by atoms with Crippen LogP contribution in [0, 0.1) is 0 Å². The summed E-state index contributed by atoms with van der Waals surface area (Å²) in [6.07, 6.45) is 2.33. The minimum atomic E-state index is 0.00676. The van der Waals surface area contributed by atoms with Crippen molar-refractivity contribution in [3.8, 4) is 0 Å². The number of nitrogens with one attached hydrogen (secondary N) is 1. The van der Waals surface area contributed by atoms with Crippen LogP contribution in [-0.2, 0) is 0 Å². The molecule has 22 heavy (non-hydrogen) atoms. The third-order valence-electron chi connectivity index (χ3n) is 4.37. The predicted molar refractivity (Wildman–Crippen MR) is 90.2 cm³/mol. The lowest BCUT2D eigenvalue weighted by Gasteiger charge is -2.36. The Balaban J connectivity index is 1.90. The number of halogens is 1. The van der Waals surface area contributed by atoms with Gasteiger partial charge in [-0.05, 0) is 43.7 Å². The van der Waals surface area contributed by atoms with Crippen LogP contribution >= 0.6 is 11.6 Å². The standard InChI is InChI=1S/C18H18ClN3/c19-17-14-9-4-5-10-15(14)21-18(16-11-6-12-20-16)22(17)13-7-2-1-3-8-13/h1-5,7-10,16,18,20H,6,11-12H2. The van der Waals surface area contributed by atoms with Crippen molar-refractivity contribution in [1.29, 1.82) is 0 Å². The van der Waals surface area contributed by atoms with Crippen LogP contribution in [-0.4, -0.2) is 18.8 Å². The molecule has 0 radical (unpaired) electrons. The Morgan fingerprint density at radius 1 is 1.05 bits per heavy atom. The van der Waals surface area contributed by atoms with E-state index in [1.165, 1.54) is 6.42 Å². The minimum absolute atomic E-state index is 0.00676. The van der Waals surface area contributed by atoms with Crippen LogP contribution in [0.25, 0.3) is 5.16 Å². The first-order valence-corrected chi connectivity index (χ1v) is 8.13.